The van der Waals surface area contributed by atoms with Crippen LogP contribution in [0, 0.1) is 5.92 Å². The molecule has 1 atom stereocenters. The second-order valence-corrected chi connectivity index (χ2v) is 4.64. The predicted octanol–water partition coefficient (Wildman–Crippen LogP) is 2.43. The smallest absolute Gasteiger partial charge is 0.249 e. The highest BCUT2D eigenvalue weighted by molar-refractivity contribution is 7.99. The molecule has 0 aliphatic carbocycles. The molecule has 0 bridgehead atoms. The van der Waals surface area contributed by atoms with Crippen LogP contribution in [0.4, 0.5) is 0 Å². The summed E-state index contributed by atoms with van der Waals surface area (Å²) < 4.78 is 0. The average Bonchev–Trinajstić information content (AvgIpc) is 2.35. The molecule has 3 nitrogen and oxygen atoms in total. The Labute approximate surface area is 101 Å². The second kappa shape index (κ2) is 6.55. The number of thioether (sulfide) groups is 1. The molecule has 0 radical (unpaired) electrons. The van der Waals surface area contributed by atoms with Gasteiger partial charge in [-0.25, -0.2) is 5.06 Å². The molecule has 88 valence electrons. The molecular formula is C12H17NO2S. The molecule has 1 aromatic carbocycles. The maximum Gasteiger partial charge on any atom is 0.249 e. The number of nitrogens with zero attached hydrogens (tertiary/aromatic N) is 1. The maximum absolute atomic E-state index is 11.7. The first-order chi connectivity index (χ1) is 7.65. The van der Waals surface area contributed by atoms with Crippen LogP contribution >= 0.6 is 11.8 Å². The fourth-order valence-electron chi connectivity index (χ4n) is 1.21. The zero-order valence-corrected chi connectivity index (χ0v) is 10.7. The van der Waals surface area contributed by atoms with Crippen molar-refractivity contribution in [2.24, 2.45) is 5.92 Å². The molecule has 0 heterocycles. The number of carbonyl (C=O) groups is 1. The molecule has 0 unspecified atom stereocenters. The first kappa shape index (κ1) is 13.1. The fraction of sp³-hybridized carbons (Fsp3) is 0.417. The molecule has 4 heteroatoms. The Morgan fingerprint density at radius 3 is 2.62 bits per heavy atom. The SMILES string of the molecule is CON(C)C(=O)[C@@H](C)CSc1ccccc1. The van der Waals surface area contributed by atoms with E-state index in [4.69, 9.17) is 4.84 Å². The van der Waals surface area contributed by atoms with E-state index in [0.29, 0.717) is 0 Å². The van der Waals surface area contributed by atoms with Crippen molar-refractivity contribution >= 4 is 17.7 Å². The minimum absolute atomic E-state index is 0.00549. The van der Waals surface area contributed by atoms with Crippen LogP contribution in [0.2, 0.25) is 0 Å². The molecule has 1 aromatic rings. The predicted molar refractivity (Wildman–Crippen MR) is 66.1 cm³/mol. The van der Waals surface area contributed by atoms with E-state index < -0.39 is 0 Å². The Morgan fingerprint density at radius 1 is 1.44 bits per heavy atom. The third-order valence-electron chi connectivity index (χ3n) is 2.25. The van der Waals surface area contributed by atoms with Gasteiger partial charge in [0.05, 0.1) is 7.11 Å². The first-order valence-electron chi connectivity index (χ1n) is 5.14. The standard InChI is InChI=1S/C12H17NO2S/c1-10(12(14)13(2)15-3)9-16-11-7-5-4-6-8-11/h4-8,10H,9H2,1-3H3/t10-/m0/s1. The van der Waals surface area contributed by atoms with Crippen LogP contribution in [0.3, 0.4) is 0 Å². The second-order valence-electron chi connectivity index (χ2n) is 3.54. The van der Waals surface area contributed by atoms with Crippen molar-refractivity contribution in [3.05, 3.63) is 30.3 Å². The third-order valence-corrected chi connectivity index (χ3v) is 3.52. The highest BCUT2D eigenvalue weighted by Gasteiger charge is 2.17. The van der Waals surface area contributed by atoms with Crippen molar-refractivity contribution in [2.45, 2.75) is 11.8 Å². The Hall–Kier alpha value is -1.00. The van der Waals surface area contributed by atoms with Crippen LogP contribution < -0.4 is 0 Å². The molecule has 0 saturated carbocycles. The first-order valence-corrected chi connectivity index (χ1v) is 6.13. The summed E-state index contributed by atoms with van der Waals surface area (Å²) in [7, 11) is 3.13. The monoisotopic (exact) mass is 239 g/mol. The Morgan fingerprint density at radius 2 is 2.06 bits per heavy atom. The highest BCUT2D eigenvalue weighted by Crippen LogP contribution is 2.20. The summed E-state index contributed by atoms with van der Waals surface area (Å²) in [6, 6.07) is 10.1. The molecule has 0 spiro atoms. The molecule has 0 fully saturated rings. The van der Waals surface area contributed by atoms with E-state index in [9.17, 15) is 4.79 Å². The van der Waals surface area contributed by atoms with Crippen LogP contribution in [0.5, 0.6) is 0 Å². The molecule has 0 aromatic heterocycles. The van der Waals surface area contributed by atoms with Gasteiger partial charge < -0.3 is 0 Å². The van der Waals surface area contributed by atoms with Gasteiger partial charge in [-0.15, -0.1) is 11.8 Å². The molecule has 1 amide bonds. The van der Waals surface area contributed by atoms with E-state index in [2.05, 4.69) is 0 Å². The zero-order chi connectivity index (χ0) is 12.0. The lowest BCUT2D eigenvalue weighted by Crippen LogP contribution is -2.31. The van der Waals surface area contributed by atoms with Gasteiger partial charge in [0.15, 0.2) is 0 Å². The molecule has 0 saturated heterocycles. The average molecular weight is 239 g/mol. The molecular weight excluding hydrogens is 222 g/mol. The van der Waals surface area contributed by atoms with Crippen LogP contribution in [-0.2, 0) is 9.63 Å². The summed E-state index contributed by atoms with van der Waals surface area (Å²) in [5.74, 6) is 0.720. The molecule has 0 aliphatic heterocycles. The summed E-state index contributed by atoms with van der Waals surface area (Å²) in [5, 5.41) is 1.27. The number of benzene rings is 1. The number of carbonyl (C=O) groups excluding carboxylic acids is 1. The summed E-state index contributed by atoms with van der Waals surface area (Å²) in [6.45, 7) is 1.91. The van der Waals surface area contributed by atoms with Crippen LogP contribution in [0.15, 0.2) is 35.2 Å². The summed E-state index contributed by atoms with van der Waals surface area (Å²) in [6.07, 6.45) is 0. The Balaban J connectivity index is 2.41. The topological polar surface area (TPSA) is 29.5 Å². The Bertz CT molecular complexity index is 329. The number of hydrogen-bond donors (Lipinski definition) is 0. The lowest BCUT2D eigenvalue weighted by atomic mass is 10.2. The van der Waals surface area contributed by atoms with Gasteiger partial charge in [0, 0.05) is 23.6 Å². The lowest BCUT2D eigenvalue weighted by molar-refractivity contribution is -0.172. The minimum Gasteiger partial charge on any atom is -0.275 e. The quantitative estimate of drug-likeness (QED) is 0.584. The van der Waals surface area contributed by atoms with Gasteiger partial charge in [-0.05, 0) is 12.1 Å². The van der Waals surface area contributed by atoms with Crippen molar-refractivity contribution in [3.63, 3.8) is 0 Å². The Kier molecular flexibility index (Phi) is 5.35. The van der Waals surface area contributed by atoms with E-state index >= 15 is 0 Å². The molecule has 0 N–H and O–H groups in total. The van der Waals surface area contributed by atoms with Gasteiger partial charge in [0.25, 0.3) is 0 Å². The summed E-state index contributed by atoms with van der Waals surface area (Å²) >= 11 is 1.68. The van der Waals surface area contributed by atoms with Gasteiger partial charge in [0.1, 0.15) is 0 Å². The van der Waals surface area contributed by atoms with E-state index in [1.54, 1.807) is 18.8 Å². The maximum atomic E-state index is 11.7. The molecule has 16 heavy (non-hydrogen) atoms. The van der Waals surface area contributed by atoms with Gasteiger partial charge in [0.2, 0.25) is 5.91 Å². The highest BCUT2D eigenvalue weighted by atomic mass is 32.2. The van der Waals surface area contributed by atoms with E-state index in [1.165, 1.54) is 17.1 Å². The molecule has 1 rings (SSSR count). The summed E-state index contributed by atoms with van der Waals surface area (Å²) in [4.78, 5) is 17.7. The number of rotatable bonds is 5. The normalized spacial score (nSPS) is 12.2. The van der Waals surface area contributed by atoms with Gasteiger partial charge in [-0.2, -0.15) is 0 Å². The van der Waals surface area contributed by atoms with E-state index in [0.717, 1.165) is 5.75 Å². The lowest BCUT2D eigenvalue weighted by Gasteiger charge is -2.18. The number of amides is 1. The number of hydroxylamine groups is 2. The van der Waals surface area contributed by atoms with Crippen LogP contribution in [0.25, 0.3) is 0 Å². The third kappa shape index (κ3) is 3.87. The fourth-order valence-corrected chi connectivity index (χ4v) is 2.14. The van der Waals surface area contributed by atoms with Crippen molar-refractivity contribution in [2.75, 3.05) is 19.9 Å². The minimum atomic E-state index is -0.0462. The summed E-state index contributed by atoms with van der Waals surface area (Å²) in [5.41, 5.74) is 0. The van der Waals surface area contributed by atoms with Crippen molar-refractivity contribution < 1.29 is 9.63 Å². The van der Waals surface area contributed by atoms with E-state index in [-0.39, 0.29) is 11.8 Å². The zero-order valence-electron chi connectivity index (χ0n) is 9.84. The largest absolute Gasteiger partial charge is 0.275 e. The number of hydrogen-bond acceptors (Lipinski definition) is 3. The van der Waals surface area contributed by atoms with Gasteiger partial charge in [-0.1, -0.05) is 25.1 Å². The van der Waals surface area contributed by atoms with Crippen LogP contribution in [-0.4, -0.2) is 30.9 Å². The van der Waals surface area contributed by atoms with Crippen LogP contribution in [0.1, 0.15) is 6.92 Å². The van der Waals surface area contributed by atoms with Crippen molar-refractivity contribution in [3.8, 4) is 0 Å². The van der Waals surface area contributed by atoms with Gasteiger partial charge in [-0.3, -0.25) is 9.63 Å². The van der Waals surface area contributed by atoms with Gasteiger partial charge >= 0.3 is 0 Å². The van der Waals surface area contributed by atoms with Crippen molar-refractivity contribution in [1.29, 1.82) is 0 Å². The molecule has 0 aliphatic rings. The van der Waals surface area contributed by atoms with E-state index in [1.807, 2.05) is 37.3 Å². The van der Waals surface area contributed by atoms with Crippen molar-refractivity contribution in [1.82, 2.24) is 5.06 Å².